The third-order valence-corrected chi connectivity index (χ3v) is 1.15. The topological polar surface area (TPSA) is 72.8 Å². The van der Waals surface area contributed by atoms with E-state index in [4.69, 9.17) is 10.2 Å². The first-order valence-corrected chi connectivity index (χ1v) is 3.50. The highest BCUT2D eigenvalue weighted by Gasteiger charge is 2.08. The molecule has 0 aliphatic rings. The Hall–Kier alpha value is -0.810. The summed E-state index contributed by atoms with van der Waals surface area (Å²) in [6.45, 7) is 1.54. The minimum absolute atomic E-state index is 0.447. The zero-order valence-corrected chi connectivity index (χ0v) is 6.58. The predicted molar refractivity (Wildman–Crippen MR) is 39.7 cm³/mol. The fourth-order valence-corrected chi connectivity index (χ4v) is 0.517. The monoisotopic (exact) mass is 162 g/mol. The fraction of sp³-hybridized carbons (Fsp3) is 0.833. The maximum atomic E-state index is 10.9. The minimum Gasteiger partial charge on any atom is -0.376 e. The van der Waals surface area contributed by atoms with Crippen LogP contribution >= 0.6 is 0 Å². The van der Waals surface area contributed by atoms with Crippen molar-refractivity contribution in [3.05, 3.63) is 0 Å². The molecule has 0 fully saturated rings. The van der Waals surface area contributed by atoms with Gasteiger partial charge in [-0.25, -0.2) is 4.79 Å². The summed E-state index contributed by atoms with van der Waals surface area (Å²) in [6.07, 6.45) is 0.830. The van der Waals surface area contributed by atoms with E-state index >= 15 is 0 Å². The number of nitrogens with zero attached hydrogens (tertiary/aromatic N) is 1. The van der Waals surface area contributed by atoms with E-state index in [1.807, 2.05) is 6.92 Å². The molecule has 66 valence electrons. The van der Waals surface area contributed by atoms with Gasteiger partial charge >= 0.3 is 6.03 Å². The predicted octanol–water partition coefficient (Wildman–Crippen LogP) is -0.692. The van der Waals surface area contributed by atoms with E-state index in [9.17, 15) is 4.79 Å². The summed E-state index contributed by atoms with van der Waals surface area (Å²) in [5, 5.41) is 19.5. The molecule has 0 heterocycles. The van der Waals surface area contributed by atoms with Crippen molar-refractivity contribution in [1.82, 2.24) is 10.2 Å². The molecule has 0 aromatic rings. The fourth-order valence-electron chi connectivity index (χ4n) is 0.517. The smallest absolute Gasteiger partial charge is 0.321 e. The number of carbonyl (C=O) groups is 1. The van der Waals surface area contributed by atoms with Crippen LogP contribution in [-0.4, -0.2) is 41.2 Å². The van der Waals surface area contributed by atoms with Crippen LogP contribution in [0.25, 0.3) is 0 Å². The molecular weight excluding hydrogens is 148 g/mol. The lowest BCUT2D eigenvalue weighted by molar-refractivity contribution is 0.0569. The van der Waals surface area contributed by atoms with Crippen molar-refractivity contribution < 1.29 is 15.0 Å². The summed E-state index contributed by atoms with van der Waals surface area (Å²) in [5.74, 6) is 0. The van der Waals surface area contributed by atoms with Crippen LogP contribution in [0.15, 0.2) is 0 Å². The van der Waals surface area contributed by atoms with Crippen LogP contribution in [0, 0.1) is 0 Å². The number of amides is 2. The second-order valence-electron chi connectivity index (χ2n) is 2.05. The first-order chi connectivity index (χ1) is 5.26. The number of aliphatic hydroxyl groups excluding tert-OH is 2. The van der Waals surface area contributed by atoms with Crippen LogP contribution in [0.1, 0.15) is 13.3 Å². The van der Waals surface area contributed by atoms with Gasteiger partial charge in [0, 0.05) is 6.54 Å². The van der Waals surface area contributed by atoms with E-state index in [0.29, 0.717) is 6.54 Å². The van der Waals surface area contributed by atoms with Gasteiger partial charge in [-0.3, -0.25) is 4.90 Å². The van der Waals surface area contributed by atoms with Crippen LogP contribution in [0.3, 0.4) is 0 Å². The van der Waals surface area contributed by atoms with Crippen LogP contribution in [0.5, 0.6) is 0 Å². The van der Waals surface area contributed by atoms with E-state index < -0.39 is 19.5 Å². The molecule has 5 heteroatoms. The molecule has 0 atom stereocenters. The van der Waals surface area contributed by atoms with Crippen molar-refractivity contribution >= 4 is 6.03 Å². The number of aliphatic hydroxyl groups is 2. The highest BCUT2D eigenvalue weighted by Crippen LogP contribution is 1.84. The normalized spacial score (nSPS) is 9.36. The molecule has 0 bridgehead atoms. The van der Waals surface area contributed by atoms with E-state index in [-0.39, 0.29) is 0 Å². The highest BCUT2D eigenvalue weighted by molar-refractivity contribution is 5.73. The Morgan fingerprint density at radius 3 is 2.36 bits per heavy atom. The Labute approximate surface area is 65.6 Å². The largest absolute Gasteiger partial charge is 0.376 e. The van der Waals surface area contributed by atoms with Crippen LogP contribution in [0.4, 0.5) is 4.79 Å². The lowest BCUT2D eigenvalue weighted by Crippen LogP contribution is -2.41. The number of rotatable bonds is 4. The summed E-state index contributed by atoms with van der Waals surface area (Å²) in [5.41, 5.74) is 0. The Morgan fingerprint density at radius 2 is 2.00 bits per heavy atom. The second-order valence-corrected chi connectivity index (χ2v) is 2.05. The molecule has 0 spiro atoms. The van der Waals surface area contributed by atoms with Gasteiger partial charge in [0.05, 0.1) is 0 Å². The average Bonchev–Trinajstić information content (AvgIpc) is 2.03. The maximum Gasteiger partial charge on any atom is 0.321 e. The standard InChI is InChI=1S/C6H14N2O3/c1-2-3-7-6(11)8(4-9)5-10/h9-10H,2-5H2,1H3,(H,7,11). The van der Waals surface area contributed by atoms with Gasteiger partial charge in [-0.1, -0.05) is 6.92 Å². The molecular formula is C6H14N2O3. The van der Waals surface area contributed by atoms with Crippen LogP contribution in [0.2, 0.25) is 0 Å². The van der Waals surface area contributed by atoms with E-state index in [0.717, 1.165) is 11.3 Å². The van der Waals surface area contributed by atoms with Crippen molar-refractivity contribution in [3.63, 3.8) is 0 Å². The first-order valence-electron chi connectivity index (χ1n) is 3.50. The minimum atomic E-state index is -0.466. The maximum absolute atomic E-state index is 10.9. The molecule has 0 aliphatic heterocycles. The average molecular weight is 162 g/mol. The number of urea groups is 1. The zero-order valence-electron chi connectivity index (χ0n) is 6.58. The first kappa shape index (κ1) is 10.2. The molecule has 3 N–H and O–H groups in total. The summed E-state index contributed by atoms with van der Waals surface area (Å²) in [4.78, 5) is 11.7. The van der Waals surface area contributed by atoms with E-state index in [1.165, 1.54) is 0 Å². The van der Waals surface area contributed by atoms with Gasteiger partial charge in [0.1, 0.15) is 13.5 Å². The molecule has 2 amide bonds. The Bertz CT molecular complexity index is 114. The summed E-state index contributed by atoms with van der Waals surface area (Å²) in [7, 11) is 0. The molecule has 5 nitrogen and oxygen atoms in total. The van der Waals surface area contributed by atoms with Gasteiger partial charge in [-0.05, 0) is 6.42 Å². The van der Waals surface area contributed by atoms with Gasteiger partial charge < -0.3 is 15.5 Å². The van der Waals surface area contributed by atoms with Gasteiger partial charge in [0.25, 0.3) is 0 Å². The molecule has 0 unspecified atom stereocenters. The van der Waals surface area contributed by atoms with Crippen molar-refractivity contribution in [1.29, 1.82) is 0 Å². The quantitative estimate of drug-likeness (QED) is 0.479. The lowest BCUT2D eigenvalue weighted by Gasteiger charge is -2.16. The SMILES string of the molecule is CCCNC(=O)N(CO)CO. The van der Waals surface area contributed by atoms with Gasteiger partial charge in [-0.15, -0.1) is 0 Å². The van der Waals surface area contributed by atoms with Gasteiger partial charge in [-0.2, -0.15) is 0 Å². The third kappa shape index (κ3) is 3.79. The van der Waals surface area contributed by atoms with E-state index in [2.05, 4.69) is 5.32 Å². The van der Waals surface area contributed by atoms with Gasteiger partial charge in [0.15, 0.2) is 0 Å². The van der Waals surface area contributed by atoms with E-state index in [1.54, 1.807) is 0 Å². The Balaban J connectivity index is 3.61. The molecule has 0 radical (unpaired) electrons. The van der Waals surface area contributed by atoms with Crippen molar-refractivity contribution in [2.24, 2.45) is 0 Å². The summed E-state index contributed by atoms with van der Waals surface area (Å²) in [6, 6.07) is -0.447. The van der Waals surface area contributed by atoms with Crippen LogP contribution in [-0.2, 0) is 0 Å². The molecule has 0 aliphatic carbocycles. The number of hydrogen-bond acceptors (Lipinski definition) is 3. The Kier molecular flexibility index (Phi) is 5.50. The second kappa shape index (κ2) is 5.94. The molecule has 0 aromatic carbocycles. The number of hydrogen-bond donors (Lipinski definition) is 3. The van der Waals surface area contributed by atoms with Crippen LogP contribution < -0.4 is 5.32 Å². The summed E-state index contributed by atoms with van der Waals surface area (Å²) < 4.78 is 0. The third-order valence-electron chi connectivity index (χ3n) is 1.15. The molecule has 11 heavy (non-hydrogen) atoms. The molecule has 0 aromatic heterocycles. The molecule has 0 rings (SSSR count). The lowest BCUT2D eigenvalue weighted by atomic mass is 10.5. The van der Waals surface area contributed by atoms with Crippen molar-refractivity contribution in [2.75, 3.05) is 20.0 Å². The number of carbonyl (C=O) groups excluding carboxylic acids is 1. The van der Waals surface area contributed by atoms with Gasteiger partial charge in [0.2, 0.25) is 0 Å². The molecule has 0 saturated heterocycles. The zero-order chi connectivity index (χ0) is 8.69. The number of nitrogens with one attached hydrogen (secondary N) is 1. The molecule has 0 saturated carbocycles. The van der Waals surface area contributed by atoms with Crippen molar-refractivity contribution in [3.8, 4) is 0 Å². The summed E-state index contributed by atoms with van der Waals surface area (Å²) >= 11 is 0. The Morgan fingerprint density at radius 1 is 1.45 bits per heavy atom. The highest BCUT2D eigenvalue weighted by atomic mass is 16.3. The van der Waals surface area contributed by atoms with Crippen molar-refractivity contribution in [2.45, 2.75) is 13.3 Å².